The zero-order valence-corrected chi connectivity index (χ0v) is 19.1. The highest BCUT2D eigenvalue weighted by molar-refractivity contribution is 9.10. The first-order chi connectivity index (χ1) is 13.9. The van der Waals surface area contributed by atoms with Crippen molar-refractivity contribution in [3.05, 3.63) is 51.0 Å². The molecule has 0 bridgehead atoms. The number of amides is 1. The Morgan fingerprint density at radius 2 is 1.76 bits per heavy atom. The van der Waals surface area contributed by atoms with Gasteiger partial charge in [-0.3, -0.25) is 4.79 Å². The van der Waals surface area contributed by atoms with Gasteiger partial charge in [-0.1, -0.05) is 15.9 Å². The van der Waals surface area contributed by atoms with Gasteiger partial charge in [-0.15, -0.1) is 0 Å². The molecule has 0 aliphatic carbocycles. The molecule has 0 aromatic heterocycles. The van der Waals surface area contributed by atoms with E-state index in [-0.39, 0.29) is 5.91 Å². The first-order valence-corrected chi connectivity index (χ1v) is 11.0. The number of nitrogens with one attached hydrogen (secondary N) is 1. The molecule has 0 atom stereocenters. The molecule has 1 heterocycles. The van der Waals surface area contributed by atoms with Crippen molar-refractivity contribution in [2.75, 3.05) is 36.5 Å². The summed E-state index contributed by atoms with van der Waals surface area (Å²) in [5.41, 5.74) is 11.0. The molecule has 156 valence electrons. The molecule has 0 saturated carbocycles. The molecule has 0 unspecified atom stereocenters. The fourth-order valence-electron chi connectivity index (χ4n) is 3.79. The number of anilines is 2. The second kappa shape index (κ2) is 9.63. The van der Waals surface area contributed by atoms with E-state index in [0.717, 1.165) is 51.4 Å². The third-order valence-corrected chi connectivity index (χ3v) is 6.21. The van der Waals surface area contributed by atoms with E-state index in [1.807, 2.05) is 32.9 Å². The summed E-state index contributed by atoms with van der Waals surface area (Å²) in [6.45, 7) is 8.96. The van der Waals surface area contributed by atoms with Crippen LogP contribution in [0.3, 0.4) is 0 Å². The number of carbonyl (C=O) groups is 1. The quantitative estimate of drug-likeness (QED) is 0.640. The molecule has 0 radical (unpaired) electrons. The first-order valence-electron chi connectivity index (χ1n) is 10.2. The minimum atomic E-state index is -0.118. The van der Waals surface area contributed by atoms with Gasteiger partial charge in [0.25, 0.3) is 5.91 Å². The minimum Gasteiger partial charge on any atom is -0.492 e. The van der Waals surface area contributed by atoms with E-state index >= 15 is 0 Å². The van der Waals surface area contributed by atoms with Crippen LogP contribution in [0.25, 0.3) is 0 Å². The molecule has 2 aromatic rings. The Bertz CT molecular complexity index is 869. The van der Waals surface area contributed by atoms with E-state index in [4.69, 9.17) is 10.5 Å². The maximum absolute atomic E-state index is 13.0. The lowest BCUT2D eigenvalue weighted by Gasteiger charge is -2.29. The van der Waals surface area contributed by atoms with Crippen LogP contribution in [0.1, 0.15) is 46.3 Å². The van der Waals surface area contributed by atoms with Gasteiger partial charge in [0.1, 0.15) is 12.4 Å². The summed E-state index contributed by atoms with van der Waals surface area (Å²) >= 11 is 3.66. The van der Waals surface area contributed by atoms with Gasteiger partial charge in [-0.05, 0) is 81.0 Å². The second-order valence-electron chi connectivity index (χ2n) is 7.68. The normalized spacial score (nSPS) is 14.0. The van der Waals surface area contributed by atoms with Gasteiger partial charge < -0.3 is 20.7 Å². The number of carbonyl (C=O) groups excluding carboxylic acids is 1. The highest BCUT2D eigenvalue weighted by atomic mass is 79.9. The zero-order chi connectivity index (χ0) is 21.0. The van der Waals surface area contributed by atoms with E-state index < -0.39 is 0 Å². The van der Waals surface area contributed by atoms with Crippen molar-refractivity contribution in [3.63, 3.8) is 0 Å². The first kappa shape index (κ1) is 21.7. The predicted octanol–water partition coefficient (Wildman–Crippen LogP) is 4.95. The number of piperidine rings is 1. The summed E-state index contributed by atoms with van der Waals surface area (Å²) in [6.07, 6.45) is 3.71. The number of nitrogens with zero attached hydrogens (tertiary/aromatic N) is 1. The topological polar surface area (TPSA) is 67.6 Å². The molecule has 3 rings (SSSR count). The predicted molar refractivity (Wildman–Crippen MR) is 123 cm³/mol. The number of hydrogen-bond acceptors (Lipinski definition) is 4. The molecule has 29 heavy (non-hydrogen) atoms. The molecule has 1 aliphatic rings. The van der Waals surface area contributed by atoms with Crippen molar-refractivity contribution in [3.8, 4) is 5.75 Å². The van der Waals surface area contributed by atoms with Gasteiger partial charge >= 0.3 is 0 Å². The average molecular weight is 460 g/mol. The van der Waals surface area contributed by atoms with Crippen LogP contribution < -0.4 is 20.7 Å². The summed E-state index contributed by atoms with van der Waals surface area (Å²) in [4.78, 5) is 15.4. The van der Waals surface area contributed by atoms with E-state index in [1.165, 1.54) is 19.3 Å². The maximum Gasteiger partial charge on any atom is 0.255 e. The van der Waals surface area contributed by atoms with Gasteiger partial charge in [-0.25, -0.2) is 0 Å². The molecule has 3 N–H and O–H groups in total. The van der Waals surface area contributed by atoms with Crippen molar-refractivity contribution in [2.45, 2.75) is 40.0 Å². The number of rotatable bonds is 6. The van der Waals surface area contributed by atoms with Gasteiger partial charge in [0, 0.05) is 41.0 Å². The Kier molecular flexibility index (Phi) is 7.19. The molecule has 1 saturated heterocycles. The third-order valence-electron chi connectivity index (χ3n) is 5.39. The van der Waals surface area contributed by atoms with Crippen LogP contribution >= 0.6 is 15.9 Å². The number of benzene rings is 2. The van der Waals surface area contributed by atoms with Crippen molar-refractivity contribution in [2.24, 2.45) is 5.73 Å². The molecule has 1 fully saturated rings. The van der Waals surface area contributed by atoms with Crippen LogP contribution in [0.2, 0.25) is 0 Å². The summed E-state index contributed by atoms with van der Waals surface area (Å²) in [5.74, 6) is 0.686. The van der Waals surface area contributed by atoms with Crippen LogP contribution in [0.15, 0.2) is 28.7 Å². The maximum atomic E-state index is 13.0. The molecule has 0 spiro atoms. The van der Waals surface area contributed by atoms with E-state index in [9.17, 15) is 4.79 Å². The molecular weight excluding hydrogens is 430 g/mol. The van der Waals surface area contributed by atoms with E-state index in [1.54, 1.807) is 0 Å². The Labute approximate surface area is 181 Å². The van der Waals surface area contributed by atoms with Crippen LogP contribution in [-0.2, 0) is 0 Å². The molecule has 1 amide bonds. The SMILES string of the molecule is Cc1cc(C(=O)Nc2cc(N3CCCCC3)cc(Br)c2C)cc(C)c1OCCN. The van der Waals surface area contributed by atoms with Gasteiger partial charge in [0.15, 0.2) is 0 Å². The largest absolute Gasteiger partial charge is 0.492 e. The minimum absolute atomic E-state index is 0.118. The second-order valence-corrected chi connectivity index (χ2v) is 8.53. The van der Waals surface area contributed by atoms with Crippen molar-refractivity contribution in [1.29, 1.82) is 0 Å². The molecule has 1 aliphatic heterocycles. The van der Waals surface area contributed by atoms with Crippen molar-refractivity contribution < 1.29 is 9.53 Å². The van der Waals surface area contributed by atoms with Crippen LogP contribution in [0.4, 0.5) is 11.4 Å². The molecule has 5 nitrogen and oxygen atoms in total. The van der Waals surface area contributed by atoms with Crippen molar-refractivity contribution >= 4 is 33.2 Å². The highest BCUT2D eigenvalue weighted by Gasteiger charge is 2.17. The fourth-order valence-corrected chi connectivity index (χ4v) is 4.24. The Morgan fingerprint density at radius 1 is 1.10 bits per heavy atom. The van der Waals surface area contributed by atoms with Crippen molar-refractivity contribution in [1.82, 2.24) is 0 Å². The lowest BCUT2D eigenvalue weighted by molar-refractivity contribution is 0.102. The van der Waals surface area contributed by atoms with E-state index in [2.05, 4.69) is 38.3 Å². The third kappa shape index (κ3) is 5.11. The van der Waals surface area contributed by atoms with Crippen LogP contribution in [0.5, 0.6) is 5.75 Å². The van der Waals surface area contributed by atoms with Gasteiger partial charge in [-0.2, -0.15) is 0 Å². The summed E-state index contributed by atoms with van der Waals surface area (Å²) in [6, 6.07) is 7.97. The highest BCUT2D eigenvalue weighted by Crippen LogP contribution is 2.33. The number of ether oxygens (including phenoxy) is 1. The van der Waals surface area contributed by atoms with E-state index in [0.29, 0.717) is 18.7 Å². The zero-order valence-electron chi connectivity index (χ0n) is 17.5. The fraction of sp³-hybridized carbons (Fsp3) is 0.435. The van der Waals surface area contributed by atoms with Crippen LogP contribution in [-0.4, -0.2) is 32.1 Å². The Morgan fingerprint density at radius 3 is 2.38 bits per heavy atom. The van der Waals surface area contributed by atoms with Gasteiger partial charge in [0.2, 0.25) is 0 Å². The monoisotopic (exact) mass is 459 g/mol. The lowest BCUT2D eigenvalue weighted by Crippen LogP contribution is -2.29. The Hall–Kier alpha value is -2.05. The number of halogens is 1. The summed E-state index contributed by atoms with van der Waals surface area (Å²) in [5, 5.41) is 3.11. The standard InChI is InChI=1S/C23H30BrN3O2/c1-15-11-18(12-16(2)22(15)29-10-7-25)23(28)26-21-14-19(13-20(24)17(21)3)27-8-5-4-6-9-27/h11-14H,4-10,25H2,1-3H3,(H,26,28). The molecule has 6 heteroatoms. The summed E-state index contributed by atoms with van der Waals surface area (Å²) < 4.78 is 6.73. The number of aryl methyl sites for hydroxylation is 2. The number of nitrogens with two attached hydrogens (primary N) is 1. The van der Waals surface area contributed by atoms with Crippen LogP contribution in [0, 0.1) is 20.8 Å². The number of hydrogen-bond donors (Lipinski definition) is 2. The smallest absolute Gasteiger partial charge is 0.255 e. The Balaban J connectivity index is 1.84. The lowest BCUT2D eigenvalue weighted by atomic mass is 10.0. The molecule has 2 aromatic carbocycles. The molecular formula is C23H30BrN3O2. The van der Waals surface area contributed by atoms with Gasteiger partial charge in [0.05, 0.1) is 0 Å². The average Bonchev–Trinajstić information content (AvgIpc) is 2.71. The summed E-state index contributed by atoms with van der Waals surface area (Å²) in [7, 11) is 0.